The van der Waals surface area contributed by atoms with Crippen LogP contribution in [-0.2, 0) is 0 Å². The summed E-state index contributed by atoms with van der Waals surface area (Å²) in [7, 11) is 2.63. The Morgan fingerprint density at radius 2 is 1.65 bits per heavy atom. The number of ketones is 1. The molecule has 1 aliphatic rings. The van der Waals surface area contributed by atoms with Crippen LogP contribution in [-0.4, -0.2) is 30.2 Å². The van der Waals surface area contributed by atoms with E-state index in [0.717, 1.165) is 5.56 Å². The lowest BCUT2D eigenvalue weighted by molar-refractivity contribution is 0.0834. The highest BCUT2D eigenvalue weighted by Gasteiger charge is 2.37. The summed E-state index contributed by atoms with van der Waals surface area (Å²) in [5, 5.41) is 20.6. The van der Waals surface area contributed by atoms with Crippen molar-refractivity contribution >= 4 is 5.78 Å². The number of carbonyl (C=O) groups is 1. The van der Waals surface area contributed by atoms with Crippen LogP contribution < -0.4 is 14.2 Å². The fourth-order valence-electron chi connectivity index (χ4n) is 2.72. The Morgan fingerprint density at radius 3 is 2.26 bits per heavy atom. The number of phenols is 2. The van der Waals surface area contributed by atoms with Crippen LogP contribution in [0.4, 0.5) is 0 Å². The summed E-state index contributed by atoms with van der Waals surface area (Å²) in [6.07, 6.45) is -0.487. The van der Waals surface area contributed by atoms with Gasteiger partial charge in [-0.3, -0.25) is 4.79 Å². The summed E-state index contributed by atoms with van der Waals surface area (Å²) in [6.45, 7) is 0. The van der Waals surface area contributed by atoms with Gasteiger partial charge >= 0.3 is 0 Å². The molecule has 0 fully saturated rings. The summed E-state index contributed by atoms with van der Waals surface area (Å²) in [5.41, 5.74) is 0.715. The van der Waals surface area contributed by atoms with E-state index in [4.69, 9.17) is 14.2 Å². The average Bonchev–Trinajstić information content (AvgIpc) is 2.57. The molecule has 1 atom stereocenters. The molecule has 0 unspecified atom stereocenters. The van der Waals surface area contributed by atoms with Crippen LogP contribution in [0.25, 0.3) is 0 Å². The van der Waals surface area contributed by atoms with Crippen LogP contribution in [0.3, 0.4) is 0 Å². The first-order valence-electron chi connectivity index (χ1n) is 7.03. The summed E-state index contributed by atoms with van der Waals surface area (Å²) in [5.74, 6) is -1.37. The molecular formula is C17H16O6. The molecule has 0 saturated carbocycles. The molecule has 6 nitrogen and oxygen atoms in total. The Morgan fingerprint density at radius 1 is 1.04 bits per heavy atom. The van der Waals surface area contributed by atoms with Crippen molar-refractivity contribution in [2.75, 3.05) is 14.2 Å². The largest absolute Gasteiger partial charge is 0.504 e. The SMILES string of the molecule is COc1c(O)c2c(c(O)c1OC)C(=O)C[C@H](c1ccccc1)O2. The number of fused-ring (bicyclic) bond motifs is 1. The number of methoxy groups -OCH3 is 2. The van der Waals surface area contributed by atoms with E-state index in [0.29, 0.717) is 0 Å². The highest BCUT2D eigenvalue weighted by atomic mass is 16.5. The van der Waals surface area contributed by atoms with Crippen LogP contribution in [0.15, 0.2) is 30.3 Å². The highest BCUT2D eigenvalue weighted by molar-refractivity contribution is 6.05. The molecular weight excluding hydrogens is 300 g/mol. The summed E-state index contributed by atoms with van der Waals surface area (Å²) < 4.78 is 15.9. The number of hydrogen-bond acceptors (Lipinski definition) is 6. The van der Waals surface area contributed by atoms with Gasteiger partial charge in [-0.25, -0.2) is 0 Å². The van der Waals surface area contributed by atoms with E-state index >= 15 is 0 Å². The first kappa shape index (κ1) is 15.0. The van der Waals surface area contributed by atoms with Crippen molar-refractivity contribution < 1.29 is 29.2 Å². The molecule has 6 heteroatoms. The van der Waals surface area contributed by atoms with Crippen molar-refractivity contribution in [3.8, 4) is 28.7 Å². The molecule has 2 aromatic rings. The van der Waals surface area contributed by atoms with Gasteiger partial charge < -0.3 is 24.4 Å². The highest BCUT2D eigenvalue weighted by Crippen LogP contribution is 2.55. The van der Waals surface area contributed by atoms with E-state index in [9.17, 15) is 15.0 Å². The standard InChI is InChI=1S/C17H16O6/c1-21-16-13(19)12-10(18)8-11(9-6-4-3-5-7-9)23-15(12)14(20)17(16)22-2/h3-7,11,19-20H,8H2,1-2H3/t11-/m1/s1. The van der Waals surface area contributed by atoms with Crippen LogP contribution in [0.5, 0.6) is 28.7 Å². The van der Waals surface area contributed by atoms with Crippen LogP contribution in [0, 0.1) is 0 Å². The Kier molecular flexibility index (Phi) is 3.73. The maximum absolute atomic E-state index is 12.5. The molecule has 0 radical (unpaired) electrons. The molecule has 0 bridgehead atoms. The van der Waals surface area contributed by atoms with Crippen molar-refractivity contribution in [1.29, 1.82) is 0 Å². The van der Waals surface area contributed by atoms with Crippen LogP contribution >= 0.6 is 0 Å². The Labute approximate surface area is 132 Å². The minimum absolute atomic E-state index is 0.0551. The lowest BCUT2D eigenvalue weighted by Gasteiger charge is -2.28. The van der Waals surface area contributed by atoms with Gasteiger partial charge in [0.2, 0.25) is 17.2 Å². The van der Waals surface area contributed by atoms with Crippen molar-refractivity contribution in [2.24, 2.45) is 0 Å². The molecule has 2 aromatic carbocycles. The van der Waals surface area contributed by atoms with E-state index in [1.807, 2.05) is 30.3 Å². The van der Waals surface area contributed by atoms with E-state index in [-0.39, 0.29) is 40.8 Å². The molecule has 0 aromatic heterocycles. The summed E-state index contributed by atoms with van der Waals surface area (Å²) in [6, 6.07) is 9.20. The third-order valence-electron chi connectivity index (χ3n) is 3.80. The molecule has 1 heterocycles. The second kappa shape index (κ2) is 5.72. The molecule has 120 valence electrons. The van der Waals surface area contributed by atoms with Gasteiger partial charge in [-0.15, -0.1) is 0 Å². The zero-order valence-corrected chi connectivity index (χ0v) is 12.7. The van der Waals surface area contributed by atoms with E-state index in [2.05, 4.69) is 0 Å². The molecule has 23 heavy (non-hydrogen) atoms. The van der Waals surface area contributed by atoms with Gasteiger partial charge in [-0.05, 0) is 5.56 Å². The monoisotopic (exact) mass is 316 g/mol. The van der Waals surface area contributed by atoms with Crippen LogP contribution in [0.1, 0.15) is 28.4 Å². The second-order valence-electron chi connectivity index (χ2n) is 5.11. The van der Waals surface area contributed by atoms with Crippen LogP contribution in [0.2, 0.25) is 0 Å². The van der Waals surface area contributed by atoms with Gasteiger partial charge in [-0.2, -0.15) is 0 Å². The van der Waals surface area contributed by atoms with Crippen molar-refractivity contribution in [3.05, 3.63) is 41.5 Å². The van der Waals surface area contributed by atoms with Gasteiger partial charge in [0, 0.05) is 0 Å². The van der Waals surface area contributed by atoms with Gasteiger partial charge in [0.15, 0.2) is 17.3 Å². The zero-order chi connectivity index (χ0) is 16.6. The molecule has 0 amide bonds. The lowest BCUT2D eigenvalue weighted by atomic mass is 9.94. The van der Waals surface area contributed by atoms with E-state index in [1.165, 1.54) is 14.2 Å². The third kappa shape index (κ3) is 2.32. The molecule has 3 rings (SSSR count). The molecule has 0 saturated heterocycles. The minimum Gasteiger partial charge on any atom is -0.504 e. The maximum Gasteiger partial charge on any atom is 0.211 e. The number of rotatable bonds is 3. The van der Waals surface area contributed by atoms with Gasteiger partial charge in [0.25, 0.3) is 0 Å². The van der Waals surface area contributed by atoms with Crippen molar-refractivity contribution in [2.45, 2.75) is 12.5 Å². The topological polar surface area (TPSA) is 85.2 Å². The lowest BCUT2D eigenvalue weighted by Crippen LogP contribution is -2.21. The summed E-state index contributed by atoms with van der Waals surface area (Å²) >= 11 is 0. The molecule has 0 spiro atoms. The Hall–Kier alpha value is -2.89. The number of phenolic OH excluding ortho intramolecular Hbond substituents is 2. The number of benzene rings is 2. The summed E-state index contributed by atoms with van der Waals surface area (Å²) in [4.78, 5) is 12.5. The van der Waals surface area contributed by atoms with Crippen molar-refractivity contribution in [1.82, 2.24) is 0 Å². The number of carbonyl (C=O) groups excluding carboxylic acids is 1. The fraction of sp³-hybridized carbons (Fsp3) is 0.235. The Bertz CT molecular complexity index is 754. The predicted molar refractivity (Wildman–Crippen MR) is 81.6 cm³/mol. The molecule has 2 N–H and O–H groups in total. The number of aromatic hydroxyl groups is 2. The quantitative estimate of drug-likeness (QED) is 0.847. The second-order valence-corrected chi connectivity index (χ2v) is 5.11. The smallest absolute Gasteiger partial charge is 0.211 e. The van der Waals surface area contributed by atoms with Gasteiger partial charge in [0.1, 0.15) is 11.7 Å². The zero-order valence-electron chi connectivity index (χ0n) is 12.7. The van der Waals surface area contributed by atoms with E-state index < -0.39 is 11.9 Å². The average molecular weight is 316 g/mol. The Balaban J connectivity index is 2.15. The predicted octanol–water partition coefficient (Wildman–Crippen LogP) is 2.82. The van der Waals surface area contributed by atoms with Gasteiger partial charge in [0.05, 0.1) is 20.6 Å². The van der Waals surface area contributed by atoms with Crippen molar-refractivity contribution in [3.63, 3.8) is 0 Å². The normalized spacial score (nSPS) is 16.4. The molecule has 0 aliphatic carbocycles. The maximum atomic E-state index is 12.5. The third-order valence-corrected chi connectivity index (χ3v) is 3.80. The number of hydrogen-bond donors (Lipinski definition) is 2. The van der Waals surface area contributed by atoms with E-state index in [1.54, 1.807) is 0 Å². The number of Topliss-reactive ketones (excluding diaryl/α,β-unsaturated/α-hetero) is 1. The first-order valence-corrected chi connectivity index (χ1v) is 7.03. The molecule has 1 aliphatic heterocycles. The first-order chi connectivity index (χ1) is 11.1. The van der Waals surface area contributed by atoms with Gasteiger partial charge in [-0.1, -0.05) is 30.3 Å². The number of ether oxygens (including phenoxy) is 3. The minimum atomic E-state index is -0.542. The fourth-order valence-corrected chi connectivity index (χ4v) is 2.72.